The molecule has 7 heteroatoms. The van der Waals surface area contributed by atoms with Crippen molar-refractivity contribution in [1.82, 2.24) is 15.1 Å². The van der Waals surface area contributed by atoms with Crippen molar-refractivity contribution in [3.8, 4) is 5.69 Å². The second-order valence-corrected chi connectivity index (χ2v) is 6.41. The van der Waals surface area contributed by atoms with Crippen LogP contribution in [-0.4, -0.2) is 22.2 Å². The zero-order valence-corrected chi connectivity index (χ0v) is 15.1. The largest absolute Gasteiger partial charge is 0.352 e. The fraction of sp³-hybridized carbons (Fsp3) is 0.444. The van der Waals surface area contributed by atoms with E-state index in [1.807, 2.05) is 13.1 Å². The fourth-order valence-electron chi connectivity index (χ4n) is 3.37. The highest BCUT2D eigenvalue weighted by Gasteiger charge is 2.31. The van der Waals surface area contributed by atoms with Crippen LogP contribution in [0, 0.1) is 24.6 Å². The van der Waals surface area contributed by atoms with Crippen molar-refractivity contribution in [3.05, 3.63) is 47.5 Å². The Morgan fingerprint density at radius 2 is 2.08 bits per heavy atom. The first-order valence-corrected chi connectivity index (χ1v) is 8.37. The molecule has 0 saturated heterocycles. The summed E-state index contributed by atoms with van der Waals surface area (Å²) >= 11 is 0. The second kappa shape index (κ2) is 8.45. The summed E-state index contributed by atoms with van der Waals surface area (Å²) in [4.78, 5) is 12.4. The van der Waals surface area contributed by atoms with Gasteiger partial charge in [0, 0.05) is 24.2 Å². The van der Waals surface area contributed by atoms with Crippen molar-refractivity contribution in [2.45, 2.75) is 32.7 Å². The first kappa shape index (κ1) is 19.4. The normalized spacial score (nSPS) is 19.5. The van der Waals surface area contributed by atoms with Crippen LogP contribution in [-0.2, 0) is 11.3 Å². The van der Waals surface area contributed by atoms with Crippen LogP contribution >= 0.6 is 12.4 Å². The molecule has 1 fully saturated rings. The molecule has 1 saturated carbocycles. The number of aromatic nitrogens is 2. The highest BCUT2D eigenvalue weighted by molar-refractivity contribution is 5.85. The minimum atomic E-state index is -0.277. The summed E-state index contributed by atoms with van der Waals surface area (Å²) in [5.41, 5.74) is 8.34. The van der Waals surface area contributed by atoms with Crippen molar-refractivity contribution < 1.29 is 9.18 Å². The van der Waals surface area contributed by atoms with Gasteiger partial charge in [0.05, 0.1) is 11.4 Å². The van der Waals surface area contributed by atoms with Crippen molar-refractivity contribution in [1.29, 1.82) is 0 Å². The van der Waals surface area contributed by atoms with E-state index >= 15 is 0 Å². The van der Waals surface area contributed by atoms with E-state index in [9.17, 15) is 9.18 Å². The van der Waals surface area contributed by atoms with Crippen molar-refractivity contribution in [2.75, 3.05) is 6.54 Å². The predicted molar refractivity (Wildman–Crippen MR) is 97.2 cm³/mol. The first-order chi connectivity index (χ1) is 11.6. The highest BCUT2D eigenvalue weighted by Crippen LogP contribution is 2.31. The fourth-order valence-corrected chi connectivity index (χ4v) is 3.37. The number of carbonyl (C=O) groups excluding carboxylic acids is 1. The maximum atomic E-state index is 13.0. The second-order valence-electron chi connectivity index (χ2n) is 6.41. The number of aryl methyl sites for hydroxylation is 1. The molecule has 25 heavy (non-hydrogen) atoms. The van der Waals surface area contributed by atoms with Crippen LogP contribution in [0.1, 0.15) is 30.5 Å². The summed E-state index contributed by atoms with van der Waals surface area (Å²) in [5, 5.41) is 7.45. The van der Waals surface area contributed by atoms with Crippen LogP contribution in [0.5, 0.6) is 0 Å². The molecule has 3 N–H and O–H groups in total. The first-order valence-electron chi connectivity index (χ1n) is 8.37. The molecule has 0 aliphatic heterocycles. The molecule has 1 aromatic heterocycles. The molecule has 0 unspecified atom stereocenters. The van der Waals surface area contributed by atoms with E-state index in [-0.39, 0.29) is 30.0 Å². The number of nitrogens with two attached hydrogens (primary N) is 1. The van der Waals surface area contributed by atoms with Gasteiger partial charge in [0.15, 0.2) is 0 Å². The highest BCUT2D eigenvalue weighted by atomic mass is 35.5. The molecule has 0 radical (unpaired) electrons. The lowest BCUT2D eigenvalue weighted by Crippen LogP contribution is -2.34. The van der Waals surface area contributed by atoms with Crippen LogP contribution in [0.25, 0.3) is 5.69 Å². The summed E-state index contributed by atoms with van der Waals surface area (Å²) in [7, 11) is 0. The summed E-state index contributed by atoms with van der Waals surface area (Å²) in [6.45, 7) is 2.92. The Hall–Kier alpha value is -1.92. The Morgan fingerprint density at radius 3 is 2.76 bits per heavy atom. The molecule has 5 nitrogen and oxygen atoms in total. The monoisotopic (exact) mass is 366 g/mol. The lowest BCUT2D eigenvalue weighted by atomic mass is 9.95. The van der Waals surface area contributed by atoms with E-state index < -0.39 is 0 Å². The molecule has 1 aliphatic carbocycles. The minimum absolute atomic E-state index is 0. The van der Waals surface area contributed by atoms with Gasteiger partial charge in [-0.1, -0.05) is 6.42 Å². The topological polar surface area (TPSA) is 72.9 Å². The Labute approximate surface area is 153 Å². The van der Waals surface area contributed by atoms with Crippen LogP contribution in [0.3, 0.4) is 0 Å². The van der Waals surface area contributed by atoms with Gasteiger partial charge in [0.1, 0.15) is 5.82 Å². The van der Waals surface area contributed by atoms with E-state index in [4.69, 9.17) is 5.73 Å². The number of hydrogen-bond donors (Lipinski definition) is 2. The van der Waals surface area contributed by atoms with E-state index in [1.165, 1.54) is 12.1 Å². The van der Waals surface area contributed by atoms with Crippen LogP contribution in [0.2, 0.25) is 0 Å². The van der Waals surface area contributed by atoms with Crippen molar-refractivity contribution >= 4 is 18.3 Å². The lowest BCUT2D eigenvalue weighted by Gasteiger charge is -2.17. The van der Waals surface area contributed by atoms with Crippen LogP contribution in [0.15, 0.2) is 30.5 Å². The number of benzene rings is 1. The van der Waals surface area contributed by atoms with Crippen molar-refractivity contribution in [2.24, 2.45) is 17.6 Å². The minimum Gasteiger partial charge on any atom is -0.352 e. The van der Waals surface area contributed by atoms with E-state index in [1.54, 1.807) is 16.8 Å². The van der Waals surface area contributed by atoms with Gasteiger partial charge in [-0.25, -0.2) is 9.07 Å². The number of hydrogen-bond acceptors (Lipinski definition) is 3. The van der Waals surface area contributed by atoms with Gasteiger partial charge in [0.2, 0.25) is 5.91 Å². The number of nitrogens with one attached hydrogen (secondary N) is 1. The van der Waals surface area contributed by atoms with Crippen LogP contribution in [0.4, 0.5) is 4.39 Å². The van der Waals surface area contributed by atoms with Gasteiger partial charge in [-0.05, 0) is 56.5 Å². The van der Waals surface area contributed by atoms with Crippen LogP contribution < -0.4 is 11.1 Å². The Balaban J connectivity index is 0.00000225. The maximum Gasteiger partial charge on any atom is 0.223 e. The molecule has 136 valence electrons. The molecule has 0 bridgehead atoms. The SMILES string of the molecule is Cc1nn(-c2ccc(F)cc2)cc1CNC(=O)[C@@H]1CCC[C@@H]1CN.Cl. The Bertz CT molecular complexity index is 716. The number of rotatable bonds is 5. The summed E-state index contributed by atoms with van der Waals surface area (Å²) < 4.78 is 14.7. The standard InChI is InChI=1S/C18H23FN4O.ClH/c1-12-14(10-21-18(24)17-4-2-3-13(17)9-20)11-23(22-12)16-7-5-15(19)6-8-16;/h5-8,11,13,17H,2-4,9-10,20H2,1H3,(H,21,24);1H/t13-,17-;/m1./s1. The van der Waals surface area contributed by atoms with Gasteiger partial charge < -0.3 is 11.1 Å². The molecular weight excluding hydrogens is 343 g/mol. The van der Waals surface area contributed by atoms with E-state index in [0.717, 1.165) is 36.2 Å². The molecule has 1 aliphatic rings. The zero-order valence-electron chi connectivity index (χ0n) is 14.2. The van der Waals surface area contributed by atoms with Gasteiger partial charge in [0.25, 0.3) is 0 Å². The van der Waals surface area contributed by atoms with E-state index in [2.05, 4.69) is 10.4 Å². The predicted octanol–water partition coefficient (Wildman–Crippen LogP) is 2.73. The van der Waals surface area contributed by atoms with Gasteiger partial charge >= 0.3 is 0 Å². The summed E-state index contributed by atoms with van der Waals surface area (Å²) in [6, 6.07) is 6.16. The summed E-state index contributed by atoms with van der Waals surface area (Å²) in [5.74, 6) is 0.133. The number of nitrogens with zero attached hydrogens (tertiary/aromatic N) is 2. The molecule has 1 amide bonds. The van der Waals surface area contributed by atoms with Crippen molar-refractivity contribution in [3.63, 3.8) is 0 Å². The maximum absolute atomic E-state index is 13.0. The Morgan fingerprint density at radius 1 is 1.36 bits per heavy atom. The third-order valence-corrected chi connectivity index (χ3v) is 4.84. The molecule has 1 aromatic carbocycles. The van der Waals surface area contributed by atoms with Gasteiger partial charge in [-0.3, -0.25) is 4.79 Å². The number of halogens is 2. The summed E-state index contributed by atoms with van der Waals surface area (Å²) in [6.07, 6.45) is 4.90. The average Bonchev–Trinajstić information content (AvgIpc) is 3.20. The molecule has 2 atom stereocenters. The van der Waals surface area contributed by atoms with Gasteiger partial charge in [-0.15, -0.1) is 12.4 Å². The molecule has 1 heterocycles. The number of carbonyl (C=O) groups is 1. The van der Waals surface area contributed by atoms with Gasteiger partial charge in [-0.2, -0.15) is 5.10 Å². The zero-order chi connectivity index (χ0) is 17.1. The smallest absolute Gasteiger partial charge is 0.223 e. The molecule has 2 aromatic rings. The molecule has 0 spiro atoms. The third-order valence-electron chi connectivity index (χ3n) is 4.84. The third kappa shape index (κ3) is 4.38. The Kier molecular flexibility index (Phi) is 6.56. The number of amides is 1. The molecular formula is C18H24ClFN4O. The van der Waals surface area contributed by atoms with E-state index in [0.29, 0.717) is 19.0 Å². The average molecular weight is 367 g/mol. The quantitative estimate of drug-likeness (QED) is 0.854. The lowest BCUT2D eigenvalue weighted by molar-refractivity contribution is -0.126. The molecule has 3 rings (SSSR count).